The molecule has 0 bridgehead atoms. The van der Waals surface area contributed by atoms with Crippen LogP contribution in [0.3, 0.4) is 0 Å². The number of hydrazine groups is 1. The first-order chi connectivity index (χ1) is 13.5. The normalized spacial score (nSPS) is 10.4. The molecule has 0 aliphatic heterocycles. The maximum absolute atomic E-state index is 12.1. The number of carbonyl (C=O) groups is 2. The average molecular weight is 421 g/mol. The number of nitrogens with one attached hydrogen (secondary N) is 2. The number of hydrogen-bond acceptors (Lipinski definition) is 6. The lowest BCUT2D eigenvalue weighted by Crippen LogP contribution is -2.42. The lowest BCUT2D eigenvalue weighted by atomic mass is 10.2. The molecule has 28 heavy (non-hydrogen) atoms. The predicted octanol–water partition coefficient (Wildman–Crippen LogP) is 2.20. The van der Waals surface area contributed by atoms with Crippen LogP contribution in [0.15, 0.2) is 48.8 Å². The third-order valence-electron chi connectivity index (χ3n) is 3.56. The maximum Gasteiger partial charge on any atom is 0.269 e. The summed E-state index contributed by atoms with van der Waals surface area (Å²) in [6.45, 7) is 0.0718. The number of rotatable bonds is 6. The molecule has 1 heterocycles. The third kappa shape index (κ3) is 4.96. The van der Waals surface area contributed by atoms with E-state index in [0.717, 1.165) is 0 Å². The predicted molar refractivity (Wildman–Crippen MR) is 101 cm³/mol. The average Bonchev–Trinajstić information content (AvgIpc) is 3.24. The Morgan fingerprint density at radius 3 is 2.57 bits per heavy atom. The lowest BCUT2D eigenvalue weighted by molar-refractivity contribution is -0.122. The van der Waals surface area contributed by atoms with Gasteiger partial charge in [0, 0.05) is 5.56 Å². The molecule has 144 valence electrons. The largest absolute Gasteiger partial charge is 0.491 e. The zero-order valence-corrected chi connectivity index (χ0v) is 15.8. The molecule has 0 fully saturated rings. The number of amides is 2. The minimum Gasteiger partial charge on any atom is -0.491 e. The van der Waals surface area contributed by atoms with Gasteiger partial charge in [-0.3, -0.25) is 20.4 Å². The summed E-state index contributed by atoms with van der Waals surface area (Å²) < 4.78 is 6.87. The Morgan fingerprint density at radius 2 is 1.86 bits per heavy atom. The molecule has 1 aromatic heterocycles. The molecule has 2 N–H and O–H groups in total. The van der Waals surface area contributed by atoms with E-state index in [1.807, 2.05) is 0 Å². The van der Waals surface area contributed by atoms with Gasteiger partial charge in [0.15, 0.2) is 0 Å². The van der Waals surface area contributed by atoms with Crippen LogP contribution >= 0.6 is 23.2 Å². The van der Waals surface area contributed by atoms with Crippen molar-refractivity contribution in [3.63, 3.8) is 0 Å². The zero-order chi connectivity index (χ0) is 19.9. The van der Waals surface area contributed by atoms with Crippen molar-refractivity contribution in [2.24, 2.45) is 0 Å². The summed E-state index contributed by atoms with van der Waals surface area (Å²) in [6.07, 6.45) is 1.45. The van der Waals surface area contributed by atoms with Gasteiger partial charge in [-0.1, -0.05) is 29.3 Å². The van der Waals surface area contributed by atoms with E-state index in [4.69, 9.17) is 27.9 Å². The van der Waals surface area contributed by atoms with Crippen molar-refractivity contribution in [1.82, 2.24) is 31.1 Å². The highest BCUT2D eigenvalue weighted by atomic mass is 35.5. The molecular formula is C17H14Cl2N6O3. The van der Waals surface area contributed by atoms with Crippen LogP contribution in [0.2, 0.25) is 10.0 Å². The third-order valence-corrected chi connectivity index (χ3v) is 4.36. The van der Waals surface area contributed by atoms with Crippen LogP contribution in [0, 0.1) is 0 Å². The van der Waals surface area contributed by atoms with E-state index in [1.54, 1.807) is 42.5 Å². The van der Waals surface area contributed by atoms with E-state index < -0.39 is 11.8 Å². The van der Waals surface area contributed by atoms with Gasteiger partial charge in [-0.15, -0.1) is 5.10 Å². The Bertz CT molecular complexity index is 964. The van der Waals surface area contributed by atoms with E-state index in [9.17, 15) is 9.59 Å². The summed E-state index contributed by atoms with van der Waals surface area (Å²) >= 11 is 11.9. The van der Waals surface area contributed by atoms with Gasteiger partial charge >= 0.3 is 0 Å². The van der Waals surface area contributed by atoms with E-state index in [2.05, 4.69) is 26.4 Å². The number of nitrogens with zero attached hydrogens (tertiary/aromatic N) is 4. The molecule has 2 aromatic carbocycles. The van der Waals surface area contributed by atoms with Crippen molar-refractivity contribution in [2.45, 2.75) is 6.42 Å². The molecular weight excluding hydrogens is 407 g/mol. The van der Waals surface area contributed by atoms with E-state index in [1.165, 1.54) is 11.0 Å². The number of carbonyl (C=O) groups excluding carboxylic acids is 2. The van der Waals surface area contributed by atoms with Crippen LogP contribution in [0.1, 0.15) is 16.8 Å². The molecule has 0 atom stereocenters. The fourth-order valence-corrected chi connectivity index (χ4v) is 2.50. The minimum absolute atomic E-state index is 0.0152. The van der Waals surface area contributed by atoms with Crippen LogP contribution < -0.4 is 15.6 Å². The van der Waals surface area contributed by atoms with Gasteiger partial charge in [0.25, 0.3) is 5.91 Å². The molecule has 2 amide bonds. The molecule has 0 unspecified atom stereocenters. The summed E-state index contributed by atoms with van der Waals surface area (Å²) in [4.78, 5) is 23.9. The topological polar surface area (TPSA) is 111 Å². The summed E-state index contributed by atoms with van der Waals surface area (Å²) in [7, 11) is 0. The molecule has 11 heteroatoms. The van der Waals surface area contributed by atoms with Crippen LogP contribution in [0.5, 0.6) is 5.75 Å². The first kappa shape index (κ1) is 19.6. The van der Waals surface area contributed by atoms with Gasteiger partial charge in [0.1, 0.15) is 17.1 Å². The maximum atomic E-state index is 12.1. The Balaban J connectivity index is 1.44. The summed E-state index contributed by atoms with van der Waals surface area (Å²) in [5, 5.41) is 11.5. The molecule has 0 aliphatic rings. The minimum atomic E-state index is -0.463. The molecule has 3 aromatic rings. The number of hydrogen-bond donors (Lipinski definition) is 2. The van der Waals surface area contributed by atoms with E-state index >= 15 is 0 Å². The summed E-state index contributed by atoms with van der Waals surface area (Å²) in [5.41, 5.74) is 5.71. The Kier molecular flexibility index (Phi) is 6.41. The molecule has 0 aliphatic carbocycles. The number of ether oxygens (including phenoxy) is 1. The van der Waals surface area contributed by atoms with Crippen molar-refractivity contribution < 1.29 is 14.3 Å². The van der Waals surface area contributed by atoms with E-state index in [-0.39, 0.29) is 18.1 Å². The standard InChI is InChI=1S/C17H14Cl2N6O3/c18-13-2-1-3-14(16(13)19)28-9-8-15(26)21-22-17(27)11-4-6-12(7-5-11)25-10-20-23-24-25/h1-7,10H,8-9H2,(H,21,26)(H,22,27). The van der Waals surface area contributed by atoms with E-state index in [0.29, 0.717) is 22.0 Å². The number of tetrazole rings is 1. The van der Waals surface area contributed by atoms with Gasteiger partial charge in [0.2, 0.25) is 5.91 Å². The molecule has 0 spiro atoms. The summed E-state index contributed by atoms with van der Waals surface area (Å²) in [6, 6.07) is 11.5. The highest BCUT2D eigenvalue weighted by molar-refractivity contribution is 6.42. The van der Waals surface area contributed by atoms with Crippen molar-refractivity contribution in [1.29, 1.82) is 0 Å². The van der Waals surface area contributed by atoms with Crippen LogP contribution in [0.4, 0.5) is 0 Å². The van der Waals surface area contributed by atoms with Gasteiger partial charge in [-0.05, 0) is 46.8 Å². The van der Waals surface area contributed by atoms with Gasteiger partial charge in [-0.2, -0.15) is 0 Å². The van der Waals surface area contributed by atoms with Gasteiger partial charge in [0.05, 0.1) is 23.7 Å². The van der Waals surface area contributed by atoms with Crippen molar-refractivity contribution in [3.05, 3.63) is 64.4 Å². The number of halogens is 2. The second-order valence-electron chi connectivity index (χ2n) is 5.45. The van der Waals surface area contributed by atoms with Crippen molar-refractivity contribution >= 4 is 35.0 Å². The molecule has 0 saturated carbocycles. The van der Waals surface area contributed by atoms with Crippen molar-refractivity contribution in [2.75, 3.05) is 6.61 Å². The highest BCUT2D eigenvalue weighted by Gasteiger charge is 2.10. The molecule has 0 radical (unpaired) electrons. The zero-order valence-electron chi connectivity index (χ0n) is 14.3. The quantitative estimate of drug-likeness (QED) is 0.591. The smallest absolute Gasteiger partial charge is 0.269 e. The van der Waals surface area contributed by atoms with Gasteiger partial charge < -0.3 is 4.74 Å². The number of benzene rings is 2. The van der Waals surface area contributed by atoms with Crippen LogP contribution in [0.25, 0.3) is 5.69 Å². The Labute approximate surface area is 169 Å². The second-order valence-corrected chi connectivity index (χ2v) is 6.24. The van der Waals surface area contributed by atoms with Crippen LogP contribution in [-0.2, 0) is 4.79 Å². The Morgan fingerprint density at radius 1 is 1.07 bits per heavy atom. The Hall–Kier alpha value is -3.17. The SMILES string of the molecule is O=C(CCOc1cccc(Cl)c1Cl)NNC(=O)c1ccc(-n2cnnn2)cc1. The second kappa shape index (κ2) is 9.16. The van der Waals surface area contributed by atoms with Gasteiger partial charge in [-0.25, -0.2) is 4.68 Å². The monoisotopic (exact) mass is 420 g/mol. The van der Waals surface area contributed by atoms with Crippen LogP contribution in [-0.4, -0.2) is 38.6 Å². The fourth-order valence-electron chi connectivity index (χ4n) is 2.16. The highest BCUT2D eigenvalue weighted by Crippen LogP contribution is 2.31. The molecule has 0 saturated heterocycles. The fraction of sp³-hybridized carbons (Fsp3) is 0.118. The molecule has 9 nitrogen and oxygen atoms in total. The van der Waals surface area contributed by atoms with Crippen molar-refractivity contribution in [3.8, 4) is 11.4 Å². The first-order valence-corrected chi connectivity index (χ1v) is 8.79. The molecule has 3 rings (SSSR count). The first-order valence-electron chi connectivity index (χ1n) is 8.04. The lowest BCUT2D eigenvalue weighted by Gasteiger charge is -2.10. The number of aromatic nitrogens is 4. The summed E-state index contributed by atoms with van der Waals surface area (Å²) in [5.74, 6) is -0.499.